The summed E-state index contributed by atoms with van der Waals surface area (Å²) in [6.45, 7) is 2.51. The van der Waals surface area contributed by atoms with Crippen molar-refractivity contribution < 1.29 is 55.0 Å². The van der Waals surface area contributed by atoms with E-state index in [0.29, 0.717) is 60.9 Å². The van der Waals surface area contributed by atoms with Gasteiger partial charge < -0.3 is 41.4 Å². The van der Waals surface area contributed by atoms with Gasteiger partial charge in [-0.2, -0.15) is 36.3 Å². The number of nitrogens with one attached hydrogen (secondary N) is 6. The Morgan fingerprint density at radius 2 is 0.961 bits per heavy atom. The van der Waals surface area contributed by atoms with Gasteiger partial charge in [-0.1, -0.05) is 73.5 Å². The molecule has 4 aromatic carbocycles. The molecule has 6 N–H and O–H groups in total. The van der Waals surface area contributed by atoms with Gasteiger partial charge in [0.25, 0.3) is 0 Å². The Morgan fingerprint density at radius 1 is 0.545 bits per heavy atom. The summed E-state index contributed by atoms with van der Waals surface area (Å²) >= 11 is 0. The molecule has 0 radical (unpaired) electrons. The minimum Gasteiger partial charge on any atom is -0.457 e. The Labute approximate surface area is 439 Å². The first-order valence-electron chi connectivity index (χ1n) is 25.2. The van der Waals surface area contributed by atoms with Crippen LogP contribution in [-0.4, -0.2) is 68.4 Å². The predicted octanol–water partition coefficient (Wildman–Crippen LogP) is 10.8. The molecule has 3 fully saturated rings. The zero-order valence-electron chi connectivity index (χ0n) is 41.7. The van der Waals surface area contributed by atoms with E-state index in [2.05, 4.69) is 51.8 Å². The second-order valence-corrected chi connectivity index (χ2v) is 18.7. The molecule has 0 bridgehead atoms. The zero-order chi connectivity index (χ0) is 54.5. The largest absolute Gasteiger partial charge is 0.457 e. The van der Waals surface area contributed by atoms with Gasteiger partial charge in [-0.25, -0.2) is 19.6 Å². The van der Waals surface area contributed by atoms with E-state index in [4.69, 9.17) is 9.47 Å². The molecule has 2 amide bonds. The molecule has 0 spiro atoms. The molecule has 4 atom stereocenters. The molecule has 2 aromatic heterocycles. The van der Waals surface area contributed by atoms with Crippen LogP contribution in [0.4, 0.5) is 61.2 Å². The van der Waals surface area contributed by atoms with Gasteiger partial charge in [0.2, 0.25) is 23.7 Å². The van der Waals surface area contributed by atoms with Crippen LogP contribution in [-0.2, 0) is 44.6 Å². The molecular weight excluding hydrogens is 1010 g/mol. The monoisotopic (exact) mass is 1070 g/mol. The summed E-state index contributed by atoms with van der Waals surface area (Å²) in [5, 5.41) is 17.2. The number of anilines is 6. The number of rotatable bonds is 18. The summed E-state index contributed by atoms with van der Waals surface area (Å²) in [5.41, 5.74) is 1.29. The third kappa shape index (κ3) is 15.4. The number of halogens is 6. The Morgan fingerprint density at radius 3 is 1.35 bits per heavy atom. The summed E-state index contributed by atoms with van der Waals surface area (Å²) in [6.07, 6.45) is -2.29. The highest BCUT2D eigenvalue weighted by atomic mass is 19.4. The maximum atomic E-state index is 13.7. The summed E-state index contributed by atoms with van der Waals surface area (Å²) in [6, 6.07) is 30.3. The van der Waals surface area contributed by atoms with E-state index in [1.54, 1.807) is 43.3 Å². The fraction of sp³-hybridized carbons (Fsp3) is 0.345. The molecular formula is C55H56F6N10O6. The van der Waals surface area contributed by atoms with Crippen LogP contribution >= 0.6 is 0 Å². The molecule has 0 aliphatic heterocycles. The first-order chi connectivity index (χ1) is 37.0. The Balaban J connectivity index is 0.000000204. The maximum absolute atomic E-state index is 13.7. The van der Waals surface area contributed by atoms with Gasteiger partial charge in [0.1, 0.15) is 36.0 Å². The lowest BCUT2D eigenvalue weighted by Gasteiger charge is -2.23. The molecule has 2 heterocycles. The SMILES string of the molecule is CCNC(=O)[C@H]1CCC[C@H]1Nc1nc(Nc2ccc(C(=O)OCc3ccccc3)cc2)ncc1C(F)(F)F.O=C(OCc1ccccc1)c1ccc(Nc2ncc(C(F)(F)F)c(N[C@@H]3CCC[C@@H]3C(=O)NC3CC3)n2)cc1. The Hall–Kier alpha value is -8.30. The van der Waals surface area contributed by atoms with Gasteiger partial charge in [0, 0.05) is 48.4 Å². The third-order valence-electron chi connectivity index (χ3n) is 13.0. The minimum absolute atomic E-state index is 0.0538. The average Bonchev–Trinajstić information content (AvgIpc) is 3.89. The zero-order valence-corrected chi connectivity index (χ0v) is 41.7. The van der Waals surface area contributed by atoms with Crippen LogP contribution in [0.2, 0.25) is 0 Å². The van der Waals surface area contributed by atoms with E-state index in [-0.39, 0.29) is 48.8 Å². The lowest BCUT2D eigenvalue weighted by atomic mass is 10.0. The molecule has 0 unspecified atom stereocenters. The lowest BCUT2D eigenvalue weighted by Crippen LogP contribution is -2.39. The fourth-order valence-corrected chi connectivity index (χ4v) is 8.86. The molecule has 6 aromatic rings. The molecule has 404 valence electrons. The van der Waals surface area contributed by atoms with Crippen molar-refractivity contribution in [3.63, 3.8) is 0 Å². The van der Waals surface area contributed by atoms with Crippen molar-refractivity contribution in [2.24, 2.45) is 11.8 Å². The molecule has 3 aliphatic carbocycles. The van der Waals surface area contributed by atoms with Gasteiger partial charge in [0.05, 0.1) is 23.0 Å². The van der Waals surface area contributed by atoms with Crippen molar-refractivity contribution in [1.29, 1.82) is 0 Å². The van der Waals surface area contributed by atoms with Gasteiger partial charge >= 0.3 is 24.3 Å². The standard InChI is InChI=1S/C28H28F3N5O3.C27H28F3N5O3/c29-28(30,31)22-15-32-27(36-24(22)35-23-8-4-7-21(23)25(37)33-19-13-14-19)34-20-11-9-18(10-12-20)26(38)39-16-17-5-2-1-3-6-17;1-2-31-24(36)20-9-6-10-22(20)34-23-21(27(28,29)30)15-32-26(35-23)33-19-13-11-18(12-14-19)25(37)38-16-17-7-4-3-5-8-17/h1-3,5-6,9-12,15,19,21,23H,4,7-8,13-14,16H2,(H,33,37)(H2,32,34,35,36);3-5,7-8,11-15,20,22H,2,6,9-10,16H2,1H3,(H,31,36)(H2,32,33,34,35)/t21-,23+;20-,22+/m00/s1. The lowest BCUT2D eigenvalue weighted by molar-refractivity contribution is -0.138. The first-order valence-corrected chi connectivity index (χ1v) is 25.2. The van der Waals surface area contributed by atoms with Gasteiger partial charge in [-0.3, -0.25) is 9.59 Å². The average molecular weight is 1070 g/mol. The maximum Gasteiger partial charge on any atom is 0.421 e. The van der Waals surface area contributed by atoms with Crippen molar-refractivity contribution >= 4 is 58.7 Å². The van der Waals surface area contributed by atoms with E-state index >= 15 is 0 Å². The fourth-order valence-electron chi connectivity index (χ4n) is 8.86. The van der Waals surface area contributed by atoms with Crippen molar-refractivity contribution in [3.8, 4) is 0 Å². The van der Waals surface area contributed by atoms with Crippen LogP contribution in [0.3, 0.4) is 0 Å². The van der Waals surface area contributed by atoms with Crippen LogP contribution in [0.25, 0.3) is 0 Å². The second kappa shape index (κ2) is 25.0. The van der Waals surface area contributed by atoms with Crippen LogP contribution in [0.15, 0.2) is 122 Å². The summed E-state index contributed by atoms with van der Waals surface area (Å²) < 4.78 is 92.9. The summed E-state index contributed by atoms with van der Waals surface area (Å²) in [4.78, 5) is 65.5. The van der Waals surface area contributed by atoms with Crippen LogP contribution in [0, 0.1) is 11.8 Å². The quantitative estimate of drug-likeness (QED) is 0.0350. The highest BCUT2D eigenvalue weighted by Crippen LogP contribution is 2.39. The van der Waals surface area contributed by atoms with E-state index in [0.717, 1.165) is 43.0 Å². The minimum atomic E-state index is -4.68. The smallest absolute Gasteiger partial charge is 0.421 e. The Kier molecular flexibility index (Phi) is 17.9. The highest BCUT2D eigenvalue weighted by molar-refractivity contribution is 5.90. The number of esters is 2. The second-order valence-electron chi connectivity index (χ2n) is 18.7. The Bertz CT molecular complexity index is 2970. The molecule has 9 rings (SSSR count). The number of hydrogen-bond donors (Lipinski definition) is 6. The van der Waals surface area contributed by atoms with Crippen LogP contribution in [0.1, 0.15) is 101 Å². The van der Waals surface area contributed by atoms with Crippen molar-refractivity contribution in [3.05, 3.63) is 155 Å². The number of ether oxygens (including phenoxy) is 2. The first kappa shape index (κ1) is 54.9. The van der Waals surface area contributed by atoms with Crippen LogP contribution in [0.5, 0.6) is 0 Å². The molecule has 77 heavy (non-hydrogen) atoms. The van der Waals surface area contributed by atoms with Crippen LogP contribution < -0.4 is 31.9 Å². The van der Waals surface area contributed by atoms with E-state index in [1.807, 2.05) is 60.7 Å². The molecule has 16 nitrogen and oxygen atoms in total. The number of aromatic nitrogens is 4. The molecule has 3 aliphatic rings. The van der Waals surface area contributed by atoms with E-state index in [9.17, 15) is 45.5 Å². The summed E-state index contributed by atoms with van der Waals surface area (Å²) in [5.74, 6) is -3.08. The number of alkyl halides is 6. The number of carbonyl (C=O) groups is 4. The number of benzene rings is 4. The molecule has 22 heteroatoms. The normalized spacial score (nSPS) is 18.0. The molecule has 0 saturated heterocycles. The van der Waals surface area contributed by atoms with Crippen molar-refractivity contribution in [1.82, 2.24) is 30.6 Å². The highest BCUT2D eigenvalue weighted by Gasteiger charge is 2.41. The summed E-state index contributed by atoms with van der Waals surface area (Å²) in [7, 11) is 0. The third-order valence-corrected chi connectivity index (χ3v) is 13.0. The van der Waals surface area contributed by atoms with Gasteiger partial charge in [0.15, 0.2) is 0 Å². The van der Waals surface area contributed by atoms with Gasteiger partial charge in [-0.05, 0) is 105 Å². The van der Waals surface area contributed by atoms with Gasteiger partial charge in [-0.15, -0.1) is 0 Å². The van der Waals surface area contributed by atoms with Crippen molar-refractivity contribution in [2.45, 2.75) is 102 Å². The van der Waals surface area contributed by atoms with E-state index < -0.39 is 65.2 Å². The predicted molar refractivity (Wildman–Crippen MR) is 274 cm³/mol. The number of amides is 2. The molecule has 3 saturated carbocycles. The van der Waals surface area contributed by atoms with E-state index in [1.165, 1.54) is 12.1 Å². The number of hydrogen-bond acceptors (Lipinski definition) is 14. The topological polar surface area (TPSA) is 210 Å². The number of nitrogens with zero attached hydrogens (tertiary/aromatic N) is 4. The van der Waals surface area contributed by atoms with Crippen molar-refractivity contribution in [2.75, 3.05) is 27.8 Å². The number of carbonyl (C=O) groups excluding carboxylic acids is 4.